The summed E-state index contributed by atoms with van der Waals surface area (Å²) in [7, 11) is -2.26. The minimum absolute atomic E-state index is 0.162. The van der Waals surface area contributed by atoms with E-state index >= 15 is 0 Å². The standard InChI is InChI=1S/C13H21Cl2NOSi/c1-13(2,18(3,4)17)7-9-5-6-10(8-16)12(15)11(9)14/h5-6,17H,7-8,16H2,1-4H3. The average molecular weight is 306 g/mol. The zero-order valence-electron chi connectivity index (χ0n) is 11.3. The molecule has 0 aliphatic rings. The van der Waals surface area contributed by atoms with Crippen molar-refractivity contribution >= 4 is 31.5 Å². The molecule has 18 heavy (non-hydrogen) atoms. The lowest BCUT2D eigenvalue weighted by Crippen LogP contribution is -2.40. The van der Waals surface area contributed by atoms with Gasteiger partial charge in [-0.25, -0.2) is 0 Å². The largest absolute Gasteiger partial charge is 0.432 e. The fraction of sp³-hybridized carbons (Fsp3) is 0.538. The Balaban J connectivity index is 3.11. The first-order valence-electron chi connectivity index (χ1n) is 5.98. The Morgan fingerprint density at radius 2 is 1.61 bits per heavy atom. The second-order valence-electron chi connectivity index (χ2n) is 5.84. The van der Waals surface area contributed by atoms with Crippen molar-refractivity contribution in [3.05, 3.63) is 33.3 Å². The second-order valence-corrected chi connectivity index (χ2v) is 11.1. The Morgan fingerprint density at radius 3 is 2.06 bits per heavy atom. The van der Waals surface area contributed by atoms with E-state index in [9.17, 15) is 4.80 Å². The Bertz CT molecular complexity index is 441. The van der Waals surface area contributed by atoms with Gasteiger partial charge in [0.2, 0.25) is 0 Å². The minimum atomic E-state index is -2.26. The van der Waals surface area contributed by atoms with Gasteiger partial charge in [0.15, 0.2) is 8.32 Å². The van der Waals surface area contributed by atoms with Crippen LogP contribution >= 0.6 is 23.2 Å². The Kier molecular flexibility index (Phi) is 4.90. The SMILES string of the molecule is CC(C)(Cc1ccc(CN)c(Cl)c1Cl)[Si](C)(C)O. The molecule has 0 unspecified atom stereocenters. The molecule has 102 valence electrons. The van der Waals surface area contributed by atoms with Crippen molar-refractivity contribution in [2.45, 2.75) is 44.9 Å². The number of halogens is 2. The molecule has 0 saturated carbocycles. The summed E-state index contributed by atoms with van der Waals surface area (Å²) in [5, 5.41) is 0.931. The average Bonchev–Trinajstić information content (AvgIpc) is 2.23. The highest BCUT2D eigenvalue weighted by Crippen LogP contribution is 2.41. The molecule has 0 heterocycles. The molecule has 0 atom stereocenters. The number of benzene rings is 1. The quantitative estimate of drug-likeness (QED) is 0.827. The van der Waals surface area contributed by atoms with Crippen LogP contribution in [0, 0.1) is 0 Å². The van der Waals surface area contributed by atoms with Gasteiger partial charge < -0.3 is 10.5 Å². The summed E-state index contributed by atoms with van der Waals surface area (Å²) in [5.74, 6) is 0. The molecule has 5 heteroatoms. The summed E-state index contributed by atoms with van der Waals surface area (Å²) in [4.78, 5) is 10.3. The van der Waals surface area contributed by atoms with Crippen molar-refractivity contribution in [1.82, 2.24) is 0 Å². The van der Waals surface area contributed by atoms with E-state index in [1.165, 1.54) is 0 Å². The number of hydrogen-bond donors (Lipinski definition) is 2. The van der Waals surface area contributed by atoms with Crippen LogP contribution < -0.4 is 5.73 Å². The fourth-order valence-corrected chi connectivity index (χ4v) is 2.75. The lowest BCUT2D eigenvalue weighted by molar-refractivity contribution is 0.467. The molecule has 3 N–H and O–H groups in total. The Hall–Kier alpha value is -0.0631. The van der Waals surface area contributed by atoms with Crippen molar-refractivity contribution in [2.24, 2.45) is 5.73 Å². The molecule has 1 rings (SSSR count). The summed E-state index contributed by atoms with van der Waals surface area (Å²) in [6.45, 7) is 8.40. The zero-order valence-corrected chi connectivity index (χ0v) is 13.9. The summed E-state index contributed by atoms with van der Waals surface area (Å²) >= 11 is 12.5. The molecule has 0 bridgehead atoms. The third-order valence-corrected chi connectivity index (χ3v) is 8.20. The van der Waals surface area contributed by atoms with Crippen molar-refractivity contribution in [1.29, 1.82) is 0 Å². The van der Waals surface area contributed by atoms with Gasteiger partial charge in [0.1, 0.15) is 0 Å². The van der Waals surface area contributed by atoms with Gasteiger partial charge in [-0.2, -0.15) is 0 Å². The molecule has 0 aliphatic heterocycles. The maximum absolute atomic E-state index is 10.3. The van der Waals surface area contributed by atoms with Crippen LogP contribution in [0.1, 0.15) is 25.0 Å². The van der Waals surface area contributed by atoms with Crippen LogP contribution in [0.4, 0.5) is 0 Å². The summed E-state index contributed by atoms with van der Waals surface area (Å²) in [6.07, 6.45) is 0.714. The molecular formula is C13H21Cl2NOSi. The van der Waals surface area contributed by atoms with Gasteiger partial charge in [0.05, 0.1) is 10.0 Å². The summed E-state index contributed by atoms with van der Waals surface area (Å²) in [5.41, 5.74) is 7.41. The van der Waals surface area contributed by atoms with E-state index in [2.05, 4.69) is 13.8 Å². The fourth-order valence-electron chi connectivity index (χ4n) is 1.62. The number of nitrogens with two attached hydrogens (primary N) is 1. The Morgan fingerprint density at radius 1 is 1.17 bits per heavy atom. The van der Waals surface area contributed by atoms with E-state index in [1.807, 2.05) is 25.2 Å². The highest BCUT2D eigenvalue weighted by atomic mass is 35.5. The third-order valence-electron chi connectivity index (χ3n) is 3.75. The van der Waals surface area contributed by atoms with E-state index in [0.717, 1.165) is 11.1 Å². The van der Waals surface area contributed by atoms with Crippen molar-refractivity contribution in [2.75, 3.05) is 0 Å². The molecule has 0 aliphatic carbocycles. The molecular weight excluding hydrogens is 285 g/mol. The Labute approximate surface area is 120 Å². The molecule has 1 aromatic carbocycles. The molecule has 1 aromatic rings. The molecule has 0 saturated heterocycles. The van der Waals surface area contributed by atoms with Gasteiger partial charge in [-0.05, 0) is 35.7 Å². The van der Waals surface area contributed by atoms with Crippen LogP contribution in [0.5, 0.6) is 0 Å². The van der Waals surface area contributed by atoms with Gasteiger partial charge in [-0.15, -0.1) is 0 Å². The first-order valence-corrected chi connectivity index (χ1v) is 9.68. The summed E-state index contributed by atoms with van der Waals surface area (Å²) in [6, 6.07) is 3.86. The molecule has 0 spiro atoms. The van der Waals surface area contributed by atoms with Gasteiger partial charge in [0.25, 0.3) is 0 Å². The predicted octanol–water partition coefficient (Wildman–Crippen LogP) is 3.97. The lowest BCUT2D eigenvalue weighted by atomic mass is 10.0. The van der Waals surface area contributed by atoms with E-state index in [-0.39, 0.29) is 5.04 Å². The van der Waals surface area contributed by atoms with Crippen molar-refractivity contribution in [3.63, 3.8) is 0 Å². The van der Waals surface area contributed by atoms with Gasteiger partial charge in [-0.3, -0.25) is 0 Å². The van der Waals surface area contributed by atoms with E-state index < -0.39 is 8.32 Å². The monoisotopic (exact) mass is 305 g/mol. The van der Waals surface area contributed by atoms with Crippen LogP contribution in [0.2, 0.25) is 28.2 Å². The van der Waals surface area contributed by atoms with Crippen molar-refractivity contribution < 1.29 is 4.80 Å². The maximum atomic E-state index is 10.3. The van der Waals surface area contributed by atoms with Gasteiger partial charge >= 0.3 is 0 Å². The maximum Gasteiger partial charge on any atom is 0.188 e. The van der Waals surface area contributed by atoms with E-state index in [1.54, 1.807) is 0 Å². The molecule has 0 fully saturated rings. The molecule has 0 amide bonds. The lowest BCUT2D eigenvalue weighted by Gasteiger charge is -2.35. The van der Waals surface area contributed by atoms with Crippen LogP contribution in [0.15, 0.2) is 12.1 Å². The third kappa shape index (κ3) is 3.28. The van der Waals surface area contributed by atoms with Crippen LogP contribution in [-0.4, -0.2) is 13.1 Å². The van der Waals surface area contributed by atoms with Crippen LogP contribution in [0.3, 0.4) is 0 Å². The topological polar surface area (TPSA) is 46.2 Å². The first-order chi connectivity index (χ1) is 8.10. The highest BCUT2D eigenvalue weighted by Gasteiger charge is 2.38. The number of rotatable bonds is 4. The normalized spacial score (nSPS) is 12.9. The number of hydrogen-bond acceptors (Lipinski definition) is 2. The summed E-state index contributed by atoms with van der Waals surface area (Å²) < 4.78 is 0. The van der Waals surface area contributed by atoms with E-state index in [4.69, 9.17) is 28.9 Å². The minimum Gasteiger partial charge on any atom is -0.432 e. The van der Waals surface area contributed by atoms with Crippen LogP contribution in [-0.2, 0) is 13.0 Å². The van der Waals surface area contributed by atoms with E-state index in [0.29, 0.717) is 23.0 Å². The molecule has 2 nitrogen and oxygen atoms in total. The predicted molar refractivity (Wildman–Crippen MR) is 81.8 cm³/mol. The van der Waals surface area contributed by atoms with Gasteiger partial charge in [-0.1, -0.05) is 49.2 Å². The molecule has 0 aromatic heterocycles. The molecule has 0 radical (unpaired) electrons. The zero-order chi connectivity index (χ0) is 14.1. The highest BCUT2D eigenvalue weighted by molar-refractivity contribution is 6.72. The van der Waals surface area contributed by atoms with Crippen LogP contribution in [0.25, 0.3) is 0 Å². The second kappa shape index (κ2) is 5.51. The smallest absolute Gasteiger partial charge is 0.188 e. The van der Waals surface area contributed by atoms with Gasteiger partial charge in [0, 0.05) is 6.54 Å². The first kappa shape index (κ1) is 16.0. The van der Waals surface area contributed by atoms with Crippen molar-refractivity contribution in [3.8, 4) is 0 Å².